The molecular weight excluding hydrogens is 390 g/mol. The molecule has 0 unspecified atom stereocenters. The summed E-state index contributed by atoms with van der Waals surface area (Å²) < 4.78 is 5.87. The summed E-state index contributed by atoms with van der Waals surface area (Å²) >= 11 is 0. The van der Waals surface area contributed by atoms with Gasteiger partial charge in [-0.05, 0) is 36.1 Å². The lowest BCUT2D eigenvalue weighted by atomic mass is 9.86. The van der Waals surface area contributed by atoms with Gasteiger partial charge in [0.1, 0.15) is 0 Å². The molecule has 6 heteroatoms. The minimum atomic E-state index is -0.777. The van der Waals surface area contributed by atoms with Gasteiger partial charge in [0.25, 0.3) is 0 Å². The summed E-state index contributed by atoms with van der Waals surface area (Å²) in [6.07, 6.45) is 0.839. The molecule has 6 nitrogen and oxygen atoms in total. The molecule has 1 aliphatic heterocycles. The Bertz CT molecular complexity index is 657. The minimum Gasteiger partial charge on any atom is -0.480 e. The lowest BCUT2D eigenvalue weighted by Gasteiger charge is -2.36. The smallest absolute Gasteiger partial charge is 0.317 e. The summed E-state index contributed by atoms with van der Waals surface area (Å²) in [4.78, 5) is 18.6. The maximum absolute atomic E-state index is 11.6. The molecule has 176 valence electrons. The van der Waals surface area contributed by atoms with Crippen LogP contribution in [0.15, 0.2) is 24.3 Å². The van der Waals surface area contributed by atoms with E-state index in [4.69, 9.17) is 4.74 Å². The molecule has 0 saturated carbocycles. The van der Waals surface area contributed by atoms with Gasteiger partial charge in [0.05, 0.1) is 19.8 Å². The van der Waals surface area contributed by atoms with Crippen molar-refractivity contribution >= 4 is 5.97 Å². The zero-order chi connectivity index (χ0) is 22.9. The number of ether oxygens (including phenoxy) is 1. The van der Waals surface area contributed by atoms with Gasteiger partial charge < -0.3 is 19.6 Å². The second-order valence-corrected chi connectivity index (χ2v) is 9.61. The summed E-state index contributed by atoms with van der Waals surface area (Å²) in [7, 11) is 0. The lowest BCUT2D eigenvalue weighted by Crippen LogP contribution is -2.50. The molecule has 0 radical (unpaired) electrons. The van der Waals surface area contributed by atoms with Crippen molar-refractivity contribution in [1.82, 2.24) is 14.7 Å². The Hall–Kier alpha value is -1.47. The second kappa shape index (κ2) is 12.5. The van der Waals surface area contributed by atoms with Crippen molar-refractivity contribution in [3.8, 4) is 0 Å². The quantitative estimate of drug-likeness (QED) is 0.744. The van der Waals surface area contributed by atoms with Crippen molar-refractivity contribution in [2.24, 2.45) is 0 Å². The van der Waals surface area contributed by atoms with E-state index < -0.39 is 5.97 Å². The number of carbonyl (C=O) groups is 1. The van der Waals surface area contributed by atoms with E-state index in [1.54, 1.807) is 0 Å². The topological polar surface area (TPSA) is 56.3 Å². The van der Waals surface area contributed by atoms with Gasteiger partial charge in [-0.1, -0.05) is 58.9 Å². The normalized spacial score (nSPS) is 21.4. The number of hydrogen-bond acceptors (Lipinski definition) is 5. The molecule has 1 saturated heterocycles. The van der Waals surface area contributed by atoms with E-state index >= 15 is 0 Å². The van der Waals surface area contributed by atoms with Crippen LogP contribution < -0.4 is 0 Å². The van der Waals surface area contributed by atoms with Crippen LogP contribution in [0.4, 0.5) is 0 Å². The molecule has 1 N–H and O–H groups in total. The predicted octanol–water partition coefficient (Wildman–Crippen LogP) is 2.96. The molecule has 0 amide bonds. The summed E-state index contributed by atoms with van der Waals surface area (Å²) in [5.74, 6) is -0.777. The summed E-state index contributed by atoms with van der Waals surface area (Å²) in [6, 6.07) is 8.98. The first-order chi connectivity index (χ1) is 14.7. The van der Waals surface area contributed by atoms with Crippen LogP contribution in [-0.2, 0) is 21.4 Å². The predicted molar refractivity (Wildman–Crippen MR) is 127 cm³/mol. The molecule has 1 aromatic carbocycles. The fourth-order valence-corrected chi connectivity index (χ4v) is 4.15. The van der Waals surface area contributed by atoms with Crippen LogP contribution in [0.25, 0.3) is 0 Å². The van der Waals surface area contributed by atoms with Gasteiger partial charge >= 0.3 is 5.97 Å². The van der Waals surface area contributed by atoms with Crippen molar-refractivity contribution < 1.29 is 14.6 Å². The van der Waals surface area contributed by atoms with Crippen LogP contribution in [0.2, 0.25) is 0 Å². The number of aliphatic carboxylic acids is 1. The molecule has 2 rings (SSSR count). The molecule has 1 heterocycles. The van der Waals surface area contributed by atoms with Crippen LogP contribution in [0.5, 0.6) is 0 Å². The van der Waals surface area contributed by atoms with E-state index in [0.29, 0.717) is 19.8 Å². The first-order valence-electron chi connectivity index (χ1n) is 11.8. The van der Waals surface area contributed by atoms with E-state index in [-0.39, 0.29) is 18.0 Å². The molecular formula is C25H43N3O3. The highest BCUT2D eigenvalue weighted by Gasteiger charge is 2.24. The number of benzene rings is 1. The lowest BCUT2D eigenvalue weighted by molar-refractivity contribution is -0.139. The monoisotopic (exact) mass is 433 g/mol. The highest BCUT2D eigenvalue weighted by molar-refractivity contribution is 5.69. The Morgan fingerprint density at radius 1 is 1.00 bits per heavy atom. The zero-order valence-electron chi connectivity index (χ0n) is 20.3. The van der Waals surface area contributed by atoms with E-state index in [9.17, 15) is 9.90 Å². The zero-order valence-corrected chi connectivity index (χ0v) is 20.3. The van der Waals surface area contributed by atoms with Gasteiger partial charge in [-0.2, -0.15) is 0 Å². The maximum Gasteiger partial charge on any atom is 0.317 e. The molecule has 1 aromatic rings. The standard InChI is InChI=1S/C25H43N3O3/c1-6-26-12-13-27(7-2)19-23(28(20-24(29)30)15-17-31-16-14-26)18-21-8-10-22(11-9-21)25(3,4)5/h8-11,23H,6-7,12-20H2,1-5H3,(H,29,30)/t23-/m0/s1. The fraction of sp³-hybridized carbons (Fsp3) is 0.720. The molecule has 31 heavy (non-hydrogen) atoms. The minimum absolute atomic E-state index is 0.0484. The third kappa shape index (κ3) is 8.89. The molecule has 0 aromatic heterocycles. The molecule has 1 aliphatic rings. The first-order valence-corrected chi connectivity index (χ1v) is 11.8. The molecule has 0 bridgehead atoms. The van der Waals surface area contributed by atoms with Crippen LogP contribution in [0.1, 0.15) is 45.7 Å². The number of carboxylic acid groups (broad SMARTS) is 1. The largest absolute Gasteiger partial charge is 0.480 e. The van der Waals surface area contributed by atoms with Crippen molar-refractivity contribution in [3.63, 3.8) is 0 Å². The van der Waals surface area contributed by atoms with Crippen LogP contribution in [-0.4, -0.2) is 97.4 Å². The van der Waals surface area contributed by atoms with Gasteiger partial charge in [0.2, 0.25) is 0 Å². The third-order valence-electron chi connectivity index (χ3n) is 6.32. The number of rotatable bonds is 6. The van der Waals surface area contributed by atoms with Gasteiger partial charge in [-0.15, -0.1) is 0 Å². The van der Waals surface area contributed by atoms with E-state index in [2.05, 4.69) is 73.6 Å². The molecule has 1 atom stereocenters. The highest BCUT2D eigenvalue weighted by Crippen LogP contribution is 2.23. The summed E-state index contributed by atoms with van der Waals surface area (Å²) in [5.41, 5.74) is 2.70. The second-order valence-electron chi connectivity index (χ2n) is 9.61. The van der Waals surface area contributed by atoms with E-state index in [0.717, 1.165) is 45.7 Å². The Morgan fingerprint density at radius 3 is 2.19 bits per heavy atom. The van der Waals surface area contributed by atoms with Crippen LogP contribution >= 0.6 is 0 Å². The average Bonchev–Trinajstić information content (AvgIpc) is 2.71. The average molecular weight is 434 g/mol. The third-order valence-corrected chi connectivity index (χ3v) is 6.32. The molecule has 0 spiro atoms. The Kier molecular flexibility index (Phi) is 10.4. The van der Waals surface area contributed by atoms with E-state index in [1.807, 2.05) is 0 Å². The number of carboxylic acids is 1. The van der Waals surface area contributed by atoms with Crippen molar-refractivity contribution in [2.45, 2.75) is 52.5 Å². The summed E-state index contributed by atoms with van der Waals surface area (Å²) in [6.45, 7) is 18.8. The van der Waals surface area contributed by atoms with Gasteiger partial charge in [-0.3, -0.25) is 9.69 Å². The van der Waals surface area contributed by atoms with Gasteiger partial charge in [0.15, 0.2) is 0 Å². The number of likely N-dealkylation sites (N-methyl/N-ethyl adjacent to an activating group) is 2. The first kappa shape index (κ1) is 25.8. The fourth-order valence-electron chi connectivity index (χ4n) is 4.15. The Morgan fingerprint density at radius 2 is 1.61 bits per heavy atom. The Labute approximate surface area is 189 Å². The van der Waals surface area contributed by atoms with Crippen molar-refractivity contribution in [2.75, 3.05) is 65.6 Å². The van der Waals surface area contributed by atoms with Crippen molar-refractivity contribution in [1.29, 1.82) is 0 Å². The Balaban J connectivity index is 2.22. The maximum atomic E-state index is 11.6. The van der Waals surface area contributed by atoms with Gasteiger partial charge in [0, 0.05) is 38.8 Å². The van der Waals surface area contributed by atoms with Crippen molar-refractivity contribution in [3.05, 3.63) is 35.4 Å². The van der Waals surface area contributed by atoms with E-state index in [1.165, 1.54) is 11.1 Å². The molecule has 1 fully saturated rings. The number of hydrogen-bond donors (Lipinski definition) is 1. The highest BCUT2D eigenvalue weighted by atomic mass is 16.5. The van der Waals surface area contributed by atoms with Crippen LogP contribution in [0, 0.1) is 0 Å². The summed E-state index contributed by atoms with van der Waals surface area (Å²) in [5, 5.41) is 9.55. The van der Waals surface area contributed by atoms with Crippen LogP contribution in [0.3, 0.4) is 0 Å². The number of nitrogens with zero attached hydrogens (tertiary/aromatic N) is 3. The SMILES string of the molecule is CCN1CCOCCN(CC(=O)O)[C@@H](Cc2ccc(C(C)(C)C)cc2)CN(CC)CC1. The molecule has 0 aliphatic carbocycles. The van der Waals surface area contributed by atoms with Gasteiger partial charge in [-0.25, -0.2) is 0 Å².